The largest absolute Gasteiger partial charge is 0.380 e. The summed E-state index contributed by atoms with van der Waals surface area (Å²) in [5.74, 6) is -0.248. The molecule has 3 rings (SSSR count). The van der Waals surface area contributed by atoms with Crippen LogP contribution in [0.4, 0.5) is 0 Å². The summed E-state index contributed by atoms with van der Waals surface area (Å²) in [4.78, 5) is 12.1. The molecular weight excluding hydrogens is 278 g/mol. The summed E-state index contributed by atoms with van der Waals surface area (Å²) < 4.78 is 1.86. The van der Waals surface area contributed by atoms with Gasteiger partial charge in [-0.1, -0.05) is 24.3 Å². The minimum atomic E-state index is -1.16. The summed E-state index contributed by atoms with van der Waals surface area (Å²) in [6, 6.07) is 9.95. The number of carbonyl (C=O) groups excluding carboxylic acids is 1. The molecule has 1 fully saturated rings. The van der Waals surface area contributed by atoms with Crippen molar-refractivity contribution in [2.75, 3.05) is 0 Å². The fourth-order valence-electron chi connectivity index (χ4n) is 2.95. The molecule has 116 valence electrons. The molecule has 0 aliphatic heterocycles. The van der Waals surface area contributed by atoms with Crippen LogP contribution in [0, 0.1) is 0 Å². The summed E-state index contributed by atoms with van der Waals surface area (Å²) in [6.07, 6.45) is 6.65. The third-order valence-electron chi connectivity index (χ3n) is 4.20. The van der Waals surface area contributed by atoms with Crippen LogP contribution in [0.3, 0.4) is 0 Å². The molecule has 1 aromatic carbocycles. The molecule has 0 radical (unpaired) electrons. The van der Waals surface area contributed by atoms with Crippen LogP contribution in [0.5, 0.6) is 0 Å². The van der Waals surface area contributed by atoms with Gasteiger partial charge in [0.25, 0.3) is 5.91 Å². The van der Waals surface area contributed by atoms with E-state index in [1.807, 2.05) is 35.1 Å². The quantitative estimate of drug-likeness (QED) is 0.885. The topological polar surface area (TPSA) is 67.2 Å². The minimum Gasteiger partial charge on any atom is -0.380 e. The van der Waals surface area contributed by atoms with Gasteiger partial charge >= 0.3 is 0 Å². The highest BCUT2D eigenvalue weighted by Crippen LogP contribution is 2.29. The fourth-order valence-corrected chi connectivity index (χ4v) is 2.95. The Labute approximate surface area is 130 Å². The number of nitrogens with zero attached hydrogens (tertiary/aromatic N) is 2. The molecule has 0 bridgehead atoms. The van der Waals surface area contributed by atoms with Gasteiger partial charge in [-0.25, -0.2) is 0 Å². The molecule has 0 spiro atoms. The van der Waals surface area contributed by atoms with Gasteiger partial charge in [-0.05, 0) is 42.9 Å². The van der Waals surface area contributed by atoms with Crippen LogP contribution >= 0.6 is 0 Å². The third kappa shape index (κ3) is 3.36. The summed E-state index contributed by atoms with van der Waals surface area (Å²) in [5.41, 5.74) is 1.00. The van der Waals surface area contributed by atoms with E-state index >= 15 is 0 Å². The number of rotatable bonds is 5. The van der Waals surface area contributed by atoms with E-state index in [4.69, 9.17) is 0 Å². The van der Waals surface area contributed by atoms with Crippen molar-refractivity contribution in [3.05, 3.63) is 53.9 Å². The van der Waals surface area contributed by atoms with Crippen LogP contribution in [-0.4, -0.2) is 26.4 Å². The molecule has 0 saturated heterocycles. The van der Waals surface area contributed by atoms with Gasteiger partial charge in [-0.3, -0.25) is 9.48 Å². The molecule has 5 nitrogen and oxygen atoms in total. The lowest BCUT2D eigenvalue weighted by atomic mass is 10.0. The molecule has 1 heterocycles. The van der Waals surface area contributed by atoms with Crippen molar-refractivity contribution in [2.24, 2.45) is 0 Å². The Balaban J connectivity index is 1.59. The van der Waals surface area contributed by atoms with E-state index in [2.05, 4.69) is 16.5 Å². The lowest BCUT2D eigenvalue weighted by Crippen LogP contribution is -2.44. The first-order valence-electron chi connectivity index (χ1n) is 7.72. The molecule has 1 saturated carbocycles. The molecule has 1 aromatic heterocycles. The molecule has 2 N–H and O–H groups in total. The van der Waals surface area contributed by atoms with E-state index in [1.54, 1.807) is 6.20 Å². The van der Waals surface area contributed by atoms with Crippen molar-refractivity contribution in [1.82, 2.24) is 15.1 Å². The molecule has 2 aromatic rings. The molecular formula is C17H21N3O2. The second kappa shape index (κ2) is 6.32. The highest BCUT2D eigenvalue weighted by molar-refractivity contribution is 5.85. The van der Waals surface area contributed by atoms with Crippen molar-refractivity contribution in [1.29, 1.82) is 0 Å². The number of aliphatic hydroxyl groups is 1. The lowest BCUT2D eigenvalue weighted by Gasteiger charge is -2.21. The Morgan fingerprint density at radius 3 is 2.77 bits per heavy atom. The second-order valence-corrected chi connectivity index (χ2v) is 5.94. The van der Waals surface area contributed by atoms with E-state index in [0.29, 0.717) is 25.9 Å². The van der Waals surface area contributed by atoms with E-state index in [0.717, 1.165) is 24.0 Å². The minimum absolute atomic E-state index is 0.248. The van der Waals surface area contributed by atoms with E-state index in [9.17, 15) is 9.90 Å². The molecule has 1 amide bonds. The number of carbonyl (C=O) groups is 1. The van der Waals surface area contributed by atoms with Crippen molar-refractivity contribution in [3.63, 3.8) is 0 Å². The first-order valence-corrected chi connectivity index (χ1v) is 7.72. The Kier molecular flexibility index (Phi) is 4.24. The third-order valence-corrected chi connectivity index (χ3v) is 4.20. The van der Waals surface area contributed by atoms with Crippen molar-refractivity contribution >= 4 is 5.91 Å². The van der Waals surface area contributed by atoms with Gasteiger partial charge in [-0.2, -0.15) is 5.10 Å². The first kappa shape index (κ1) is 14.8. The van der Waals surface area contributed by atoms with Crippen molar-refractivity contribution in [3.8, 4) is 0 Å². The van der Waals surface area contributed by atoms with E-state index in [-0.39, 0.29) is 5.91 Å². The number of hydrogen-bond acceptors (Lipinski definition) is 3. The zero-order chi connectivity index (χ0) is 15.4. The van der Waals surface area contributed by atoms with Gasteiger partial charge < -0.3 is 10.4 Å². The zero-order valence-electron chi connectivity index (χ0n) is 12.5. The number of benzene rings is 1. The van der Waals surface area contributed by atoms with Crippen LogP contribution in [0.1, 0.15) is 36.8 Å². The van der Waals surface area contributed by atoms with Crippen molar-refractivity contribution in [2.45, 2.75) is 44.4 Å². The molecule has 22 heavy (non-hydrogen) atoms. The summed E-state index contributed by atoms with van der Waals surface area (Å²) >= 11 is 0. The monoisotopic (exact) mass is 299 g/mol. The van der Waals surface area contributed by atoms with E-state index in [1.165, 1.54) is 0 Å². The van der Waals surface area contributed by atoms with Crippen LogP contribution in [-0.2, 0) is 17.9 Å². The summed E-state index contributed by atoms with van der Waals surface area (Å²) in [5, 5.41) is 17.3. The molecule has 0 atom stereocenters. The average molecular weight is 299 g/mol. The number of amides is 1. The maximum atomic E-state index is 12.1. The van der Waals surface area contributed by atoms with Gasteiger partial charge in [-0.15, -0.1) is 0 Å². The second-order valence-electron chi connectivity index (χ2n) is 5.94. The lowest BCUT2D eigenvalue weighted by molar-refractivity contribution is -0.139. The number of hydrogen-bond donors (Lipinski definition) is 2. The smallest absolute Gasteiger partial charge is 0.252 e. The van der Waals surface area contributed by atoms with Gasteiger partial charge in [0.1, 0.15) is 5.60 Å². The molecule has 5 heteroatoms. The van der Waals surface area contributed by atoms with Gasteiger partial charge in [0, 0.05) is 18.9 Å². The number of nitrogens with one attached hydrogen (secondary N) is 1. The normalized spacial score (nSPS) is 16.6. The van der Waals surface area contributed by atoms with Crippen LogP contribution in [0.2, 0.25) is 0 Å². The molecule has 0 unspecified atom stereocenters. The summed E-state index contributed by atoms with van der Waals surface area (Å²) in [6.45, 7) is 1.15. The Hall–Kier alpha value is -2.14. The zero-order valence-corrected chi connectivity index (χ0v) is 12.5. The Morgan fingerprint density at radius 2 is 2.05 bits per heavy atom. The van der Waals surface area contributed by atoms with Gasteiger partial charge in [0.15, 0.2) is 0 Å². The maximum absolute atomic E-state index is 12.1. The molecule has 1 aliphatic rings. The number of aromatic nitrogens is 2. The van der Waals surface area contributed by atoms with Crippen LogP contribution in [0.25, 0.3) is 0 Å². The van der Waals surface area contributed by atoms with E-state index < -0.39 is 5.60 Å². The first-order chi connectivity index (χ1) is 10.7. The van der Waals surface area contributed by atoms with Crippen LogP contribution < -0.4 is 5.32 Å². The Morgan fingerprint density at radius 1 is 1.27 bits per heavy atom. The molecule has 1 aliphatic carbocycles. The predicted octanol–water partition coefficient (Wildman–Crippen LogP) is 1.85. The predicted molar refractivity (Wildman–Crippen MR) is 83.0 cm³/mol. The van der Waals surface area contributed by atoms with Crippen LogP contribution in [0.15, 0.2) is 42.7 Å². The SMILES string of the molecule is O=C(NCc1cccc(Cn2cccn2)c1)C1(O)CCCC1. The average Bonchev–Trinajstić information content (AvgIpc) is 3.18. The highest BCUT2D eigenvalue weighted by atomic mass is 16.3. The maximum Gasteiger partial charge on any atom is 0.252 e. The standard InChI is InChI=1S/C17H21N3O2/c21-16(17(22)7-1-2-8-17)18-12-14-5-3-6-15(11-14)13-20-10-4-9-19-20/h3-6,9-11,22H,1-2,7-8,12-13H2,(H,18,21). The van der Waals surface area contributed by atoms with Gasteiger partial charge in [0.2, 0.25) is 0 Å². The Bertz CT molecular complexity index is 631. The fraction of sp³-hybridized carbons (Fsp3) is 0.412. The highest BCUT2D eigenvalue weighted by Gasteiger charge is 2.38. The van der Waals surface area contributed by atoms with Crippen molar-refractivity contribution < 1.29 is 9.90 Å². The summed E-state index contributed by atoms with van der Waals surface area (Å²) in [7, 11) is 0. The van der Waals surface area contributed by atoms with Gasteiger partial charge in [0.05, 0.1) is 6.54 Å².